The van der Waals surface area contributed by atoms with Gasteiger partial charge in [0.1, 0.15) is 5.69 Å². The van der Waals surface area contributed by atoms with Crippen molar-refractivity contribution in [3.63, 3.8) is 0 Å². The number of aromatic nitrogens is 2. The monoisotopic (exact) mass is 270 g/mol. The molecule has 0 saturated carbocycles. The van der Waals surface area contributed by atoms with E-state index in [2.05, 4.69) is 21.0 Å². The van der Waals surface area contributed by atoms with Crippen LogP contribution in [0.2, 0.25) is 0 Å². The smallest absolute Gasteiger partial charge is 0.222 e. The van der Waals surface area contributed by atoms with Gasteiger partial charge in [0.25, 0.3) is 0 Å². The van der Waals surface area contributed by atoms with Crippen LogP contribution in [0.15, 0.2) is 28.2 Å². The fraction of sp³-hybridized carbons (Fsp3) is 0.111. The van der Waals surface area contributed by atoms with Crippen LogP contribution in [-0.4, -0.2) is 15.6 Å². The van der Waals surface area contributed by atoms with Gasteiger partial charge in [-0.05, 0) is 27.4 Å². The Labute approximate surface area is 93.5 Å². The highest BCUT2D eigenvalue weighted by Gasteiger charge is 2.17. The first kappa shape index (κ1) is 9.61. The van der Waals surface area contributed by atoms with Crippen molar-refractivity contribution in [3.8, 4) is 0 Å². The van der Waals surface area contributed by atoms with Crippen molar-refractivity contribution in [1.82, 2.24) is 9.78 Å². The molecule has 0 bridgehead atoms. The van der Waals surface area contributed by atoms with Gasteiger partial charge < -0.3 is 0 Å². The molecule has 0 aromatic carbocycles. The summed E-state index contributed by atoms with van der Waals surface area (Å²) in [6.07, 6.45) is 1.63. The topological polar surface area (TPSA) is 34.9 Å². The van der Waals surface area contributed by atoms with E-state index >= 15 is 0 Å². The minimum absolute atomic E-state index is 0.00637. The van der Waals surface area contributed by atoms with Crippen molar-refractivity contribution in [2.45, 2.75) is 0 Å². The van der Waals surface area contributed by atoms with E-state index in [0.29, 0.717) is 5.69 Å². The molecular formula is C9H7BrN2OS. The Hall–Kier alpha value is -0.940. The molecule has 0 saturated heterocycles. The minimum atomic E-state index is 0.00637. The summed E-state index contributed by atoms with van der Waals surface area (Å²) in [6, 6.07) is 3.68. The third kappa shape index (κ3) is 1.53. The quantitative estimate of drug-likeness (QED) is 0.786. The number of hydrogen-bond acceptors (Lipinski definition) is 3. The number of rotatable bonds is 2. The molecule has 0 aliphatic rings. The van der Waals surface area contributed by atoms with Gasteiger partial charge in [-0.3, -0.25) is 9.48 Å². The second-order valence-corrected chi connectivity index (χ2v) is 4.57. The predicted molar refractivity (Wildman–Crippen MR) is 58.7 cm³/mol. The van der Waals surface area contributed by atoms with Crippen molar-refractivity contribution < 1.29 is 4.79 Å². The van der Waals surface area contributed by atoms with E-state index in [1.165, 1.54) is 11.3 Å². The number of halogens is 1. The van der Waals surface area contributed by atoms with E-state index in [9.17, 15) is 4.79 Å². The maximum absolute atomic E-state index is 11.9. The molecular weight excluding hydrogens is 264 g/mol. The summed E-state index contributed by atoms with van der Waals surface area (Å²) in [5, 5.41) is 5.89. The molecule has 72 valence electrons. The predicted octanol–water partition coefficient (Wildman–Crippen LogP) is 2.48. The average molecular weight is 271 g/mol. The first-order chi connectivity index (χ1) is 6.70. The Morgan fingerprint density at radius 3 is 2.93 bits per heavy atom. The van der Waals surface area contributed by atoms with E-state index < -0.39 is 0 Å². The number of nitrogens with zero attached hydrogens (tertiary/aromatic N) is 2. The zero-order valence-electron chi connectivity index (χ0n) is 7.40. The summed E-state index contributed by atoms with van der Waals surface area (Å²) in [7, 11) is 1.76. The molecule has 0 unspecified atom stereocenters. The highest BCUT2D eigenvalue weighted by Crippen LogP contribution is 2.21. The minimum Gasteiger partial charge on any atom is -0.286 e. The lowest BCUT2D eigenvalue weighted by Gasteiger charge is -1.99. The van der Waals surface area contributed by atoms with E-state index in [1.807, 2.05) is 17.5 Å². The second kappa shape index (κ2) is 3.67. The van der Waals surface area contributed by atoms with Gasteiger partial charge in [0, 0.05) is 7.05 Å². The van der Waals surface area contributed by atoms with Gasteiger partial charge in [0.2, 0.25) is 5.78 Å². The van der Waals surface area contributed by atoms with Crippen LogP contribution in [0.25, 0.3) is 0 Å². The fourth-order valence-electron chi connectivity index (χ4n) is 1.19. The van der Waals surface area contributed by atoms with Gasteiger partial charge in [0.05, 0.1) is 15.5 Å². The third-order valence-electron chi connectivity index (χ3n) is 1.85. The number of carbonyl (C=O) groups is 1. The highest BCUT2D eigenvalue weighted by atomic mass is 79.9. The molecule has 0 spiro atoms. The van der Waals surface area contributed by atoms with Crippen LogP contribution in [0.4, 0.5) is 0 Å². The summed E-state index contributed by atoms with van der Waals surface area (Å²) in [5.74, 6) is 0.00637. The molecule has 0 atom stereocenters. The average Bonchev–Trinajstić information content (AvgIpc) is 2.75. The van der Waals surface area contributed by atoms with Crippen LogP contribution in [0.3, 0.4) is 0 Å². The summed E-state index contributed by atoms with van der Waals surface area (Å²) >= 11 is 4.74. The lowest BCUT2D eigenvalue weighted by atomic mass is 10.2. The second-order valence-electron chi connectivity index (χ2n) is 2.77. The van der Waals surface area contributed by atoms with Crippen molar-refractivity contribution >= 4 is 33.0 Å². The maximum Gasteiger partial charge on any atom is 0.222 e. The standard InChI is InChI=1S/C9H7BrN2OS/c1-12-8(6(10)5-11-12)9(13)7-3-2-4-14-7/h2-5H,1H3. The largest absolute Gasteiger partial charge is 0.286 e. The molecule has 14 heavy (non-hydrogen) atoms. The number of thiophene rings is 1. The summed E-state index contributed by atoms with van der Waals surface area (Å²) in [4.78, 5) is 12.7. The van der Waals surface area contributed by atoms with E-state index in [1.54, 1.807) is 17.9 Å². The van der Waals surface area contributed by atoms with Crippen LogP contribution in [0.5, 0.6) is 0 Å². The molecule has 5 heteroatoms. The maximum atomic E-state index is 11.9. The number of carbonyl (C=O) groups excluding carboxylic acids is 1. The fourth-order valence-corrected chi connectivity index (χ4v) is 2.38. The summed E-state index contributed by atoms with van der Waals surface area (Å²) in [5.41, 5.74) is 0.590. The highest BCUT2D eigenvalue weighted by molar-refractivity contribution is 9.10. The molecule has 2 heterocycles. The summed E-state index contributed by atoms with van der Waals surface area (Å²) in [6.45, 7) is 0. The molecule has 0 amide bonds. The first-order valence-corrected chi connectivity index (χ1v) is 5.63. The van der Waals surface area contributed by atoms with Gasteiger partial charge in [-0.25, -0.2) is 0 Å². The number of hydrogen-bond donors (Lipinski definition) is 0. The Morgan fingerprint density at radius 1 is 1.64 bits per heavy atom. The number of ketones is 1. The Kier molecular flexibility index (Phi) is 2.52. The zero-order chi connectivity index (χ0) is 10.1. The molecule has 0 aliphatic heterocycles. The van der Waals surface area contributed by atoms with Crippen LogP contribution in [0.1, 0.15) is 15.4 Å². The number of aryl methyl sites for hydroxylation is 1. The van der Waals surface area contributed by atoms with Gasteiger partial charge in [-0.1, -0.05) is 6.07 Å². The lowest BCUT2D eigenvalue weighted by molar-refractivity contribution is 0.103. The van der Waals surface area contributed by atoms with Crippen molar-refractivity contribution in [2.24, 2.45) is 7.05 Å². The Bertz CT molecular complexity index is 442. The molecule has 2 aromatic heterocycles. The molecule has 0 N–H and O–H groups in total. The molecule has 0 fully saturated rings. The molecule has 2 aromatic rings. The normalized spacial score (nSPS) is 10.4. The van der Waals surface area contributed by atoms with Gasteiger partial charge in [0.15, 0.2) is 0 Å². The molecule has 2 rings (SSSR count). The Balaban J connectivity index is 2.46. The van der Waals surface area contributed by atoms with Crippen molar-refractivity contribution in [2.75, 3.05) is 0 Å². The van der Waals surface area contributed by atoms with Crippen LogP contribution < -0.4 is 0 Å². The zero-order valence-corrected chi connectivity index (χ0v) is 9.80. The molecule has 0 radical (unpaired) electrons. The van der Waals surface area contributed by atoms with Crippen molar-refractivity contribution in [1.29, 1.82) is 0 Å². The van der Waals surface area contributed by atoms with E-state index in [4.69, 9.17) is 0 Å². The molecule has 3 nitrogen and oxygen atoms in total. The first-order valence-electron chi connectivity index (χ1n) is 3.96. The van der Waals surface area contributed by atoms with E-state index in [0.717, 1.165) is 9.35 Å². The van der Waals surface area contributed by atoms with Crippen LogP contribution in [0, 0.1) is 0 Å². The van der Waals surface area contributed by atoms with Gasteiger partial charge in [-0.2, -0.15) is 5.10 Å². The third-order valence-corrected chi connectivity index (χ3v) is 3.30. The Morgan fingerprint density at radius 2 is 2.43 bits per heavy atom. The summed E-state index contributed by atoms with van der Waals surface area (Å²) < 4.78 is 2.31. The van der Waals surface area contributed by atoms with Crippen molar-refractivity contribution in [3.05, 3.63) is 38.8 Å². The van der Waals surface area contributed by atoms with Gasteiger partial charge in [-0.15, -0.1) is 11.3 Å². The SMILES string of the molecule is Cn1ncc(Br)c1C(=O)c1cccs1. The lowest BCUT2D eigenvalue weighted by Crippen LogP contribution is -2.07. The van der Waals surface area contributed by atoms with Crippen LogP contribution >= 0.6 is 27.3 Å². The van der Waals surface area contributed by atoms with Gasteiger partial charge >= 0.3 is 0 Å². The van der Waals surface area contributed by atoms with Crippen LogP contribution in [-0.2, 0) is 7.05 Å². The molecule has 0 aliphatic carbocycles. The van der Waals surface area contributed by atoms with E-state index in [-0.39, 0.29) is 5.78 Å².